The van der Waals surface area contributed by atoms with Crippen LogP contribution in [0.5, 0.6) is 0 Å². The van der Waals surface area contributed by atoms with Gasteiger partial charge in [0.1, 0.15) is 0 Å². The molecular formula is C25H27F6N3O2. The van der Waals surface area contributed by atoms with E-state index in [9.17, 15) is 35.9 Å². The summed E-state index contributed by atoms with van der Waals surface area (Å²) in [4.78, 5) is 26.9. The Bertz CT molecular complexity index is 1020. The third-order valence-corrected chi connectivity index (χ3v) is 6.01. The zero-order valence-corrected chi connectivity index (χ0v) is 19.6. The normalized spacial score (nSPS) is 16.5. The molecule has 1 unspecified atom stereocenters. The molecule has 1 amide bonds. The maximum absolute atomic E-state index is 13.3. The number of alkyl halides is 6. The highest BCUT2D eigenvalue weighted by atomic mass is 19.4. The summed E-state index contributed by atoms with van der Waals surface area (Å²) in [6.07, 6.45) is -10.1. The third kappa shape index (κ3) is 7.30. The molecular weight excluding hydrogens is 488 g/mol. The van der Waals surface area contributed by atoms with Gasteiger partial charge in [-0.1, -0.05) is 37.3 Å². The quantitative estimate of drug-likeness (QED) is 0.502. The van der Waals surface area contributed by atoms with Crippen LogP contribution in [0.25, 0.3) is 0 Å². The number of hydrogen-bond donors (Lipinski definition) is 1. The summed E-state index contributed by atoms with van der Waals surface area (Å²) >= 11 is 0. The second kappa shape index (κ2) is 11.4. The molecule has 0 spiro atoms. The van der Waals surface area contributed by atoms with Crippen molar-refractivity contribution in [2.75, 3.05) is 26.2 Å². The highest BCUT2D eigenvalue weighted by Crippen LogP contribution is 2.36. The van der Waals surface area contributed by atoms with E-state index in [2.05, 4.69) is 5.43 Å². The van der Waals surface area contributed by atoms with Crippen LogP contribution in [-0.2, 0) is 28.4 Å². The van der Waals surface area contributed by atoms with Gasteiger partial charge in [0.25, 0.3) is 0 Å². The fourth-order valence-electron chi connectivity index (χ4n) is 4.15. The Balaban J connectivity index is 1.78. The van der Waals surface area contributed by atoms with E-state index in [1.807, 2.05) is 4.90 Å². The summed E-state index contributed by atoms with van der Waals surface area (Å²) in [5.41, 5.74) is 0.465. The van der Waals surface area contributed by atoms with Crippen molar-refractivity contribution in [1.82, 2.24) is 15.3 Å². The van der Waals surface area contributed by atoms with Gasteiger partial charge in [0.2, 0.25) is 5.91 Å². The summed E-state index contributed by atoms with van der Waals surface area (Å²) in [6, 6.07) is 9.53. The summed E-state index contributed by atoms with van der Waals surface area (Å²) in [5, 5.41) is 1.76. The van der Waals surface area contributed by atoms with Gasteiger partial charge in [-0.25, -0.2) is 5.01 Å². The molecule has 11 heteroatoms. The smallest absolute Gasteiger partial charge is 0.298 e. The van der Waals surface area contributed by atoms with E-state index in [0.717, 1.165) is 0 Å². The van der Waals surface area contributed by atoms with Crippen LogP contribution < -0.4 is 5.43 Å². The summed E-state index contributed by atoms with van der Waals surface area (Å²) < 4.78 is 79.1. The van der Waals surface area contributed by atoms with Crippen molar-refractivity contribution < 1.29 is 35.9 Å². The first-order chi connectivity index (χ1) is 16.9. The van der Waals surface area contributed by atoms with E-state index in [4.69, 9.17) is 0 Å². The van der Waals surface area contributed by atoms with Crippen LogP contribution in [0.4, 0.5) is 26.3 Å². The van der Waals surface area contributed by atoms with Crippen LogP contribution in [0.1, 0.15) is 48.1 Å². The Morgan fingerprint density at radius 2 is 1.44 bits per heavy atom. The molecule has 196 valence electrons. The molecule has 36 heavy (non-hydrogen) atoms. The minimum atomic E-state index is -4.94. The van der Waals surface area contributed by atoms with Crippen LogP contribution in [0.3, 0.4) is 0 Å². The lowest BCUT2D eigenvalue weighted by atomic mass is 9.94. The molecule has 1 aliphatic heterocycles. The maximum atomic E-state index is 13.3. The first kappa shape index (κ1) is 27.7. The maximum Gasteiger partial charge on any atom is 0.416 e. The molecule has 0 aromatic heterocycles. The molecule has 0 saturated carbocycles. The highest BCUT2D eigenvalue weighted by Gasteiger charge is 2.37. The predicted molar refractivity (Wildman–Crippen MR) is 121 cm³/mol. The number of nitrogens with zero attached hydrogens (tertiary/aromatic N) is 2. The van der Waals surface area contributed by atoms with Crippen molar-refractivity contribution in [2.45, 2.75) is 44.6 Å². The number of carbonyl (C=O) groups is 2. The van der Waals surface area contributed by atoms with E-state index in [-0.39, 0.29) is 36.2 Å². The SMILES string of the molecule is CCC(=O)NN1CCN(C(C(=O)CCc2cc(C(F)(F)F)cc(C(F)(F)F)c2)c2ccccc2)CC1. The zero-order valence-electron chi connectivity index (χ0n) is 19.6. The van der Waals surface area contributed by atoms with E-state index >= 15 is 0 Å². The van der Waals surface area contributed by atoms with Crippen LogP contribution in [0.15, 0.2) is 48.5 Å². The number of Topliss-reactive ketones (excluding diaryl/α,β-unsaturated/α-hetero) is 1. The summed E-state index contributed by atoms with van der Waals surface area (Å²) in [6.45, 7) is 3.54. The largest absolute Gasteiger partial charge is 0.416 e. The minimum absolute atomic E-state index is 0.0783. The van der Waals surface area contributed by atoms with Gasteiger partial charge in [-0.15, -0.1) is 0 Å². The number of hydrazine groups is 1. The number of carbonyl (C=O) groups excluding carboxylic acids is 2. The lowest BCUT2D eigenvalue weighted by Gasteiger charge is -2.38. The average molecular weight is 515 g/mol. The highest BCUT2D eigenvalue weighted by molar-refractivity contribution is 5.85. The number of halogens is 6. The van der Waals surface area contributed by atoms with Gasteiger partial charge >= 0.3 is 12.4 Å². The molecule has 0 radical (unpaired) electrons. The summed E-state index contributed by atoms with van der Waals surface area (Å²) in [7, 11) is 0. The van der Waals surface area contributed by atoms with Crippen LogP contribution in [0.2, 0.25) is 0 Å². The van der Waals surface area contributed by atoms with E-state index in [1.165, 1.54) is 0 Å². The Labute approximate surface area is 205 Å². The molecule has 0 aliphatic carbocycles. The van der Waals surface area contributed by atoms with Gasteiger partial charge in [0.15, 0.2) is 5.78 Å². The van der Waals surface area contributed by atoms with Crippen molar-refractivity contribution in [1.29, 1.82) is 0 Å². The molecule has 1 heterocycles. The Kier molecular flexibility index (Phi) is 8.78. The van der Waals surface area contributed by atoms with Gasteiger partial charge < -0.3 is 0 Å². The predicted octanol–water partition coefficient (Wildman–Crippen LogP) is 5.03. The number of nitrogens with one attached hydrogen (secondary N) is 1. The lowest BCUT2D eigenvalue weighted by Crippen LogP contribution is -2.54. The van der Waals surface area contributed by atoms with Crippen molar-refractivity contribution in [3.8, 4) is 0 Å². The van der Waals surface area contributed by atoms with Crippen LogP contribution in [0, 0.1) is 0 Å². The number of amides is 1. The van der Waals surface area contributed by atoms with Gasteiger partial charge in [-0.05, 0) is 35.7 Å². The molecule has 3 rings (SSSR count). The fraction of sp³-hybridized carbons (Fsp3) is 0.440. The number of hydrogen-bond acceptors (Lipinski definition) is 4. The van der Waals surface area contributed by atoms with E-state index in [1.54, 1.807) is 42.3 Å². The first-order valence-electron chi connectivity index (χ1n) is 11.5. The molecule has 2 aromatic carbocycles. The summed E-state index contributed by atoms with van der Waals surface area (Å²) in [5.74, 6) is -0.434. The van der Waals surface area contributed by atoms with Crippen molar-refractivity contribution in [3.63, 3.8) is 0 Å². The average Bonchev–Trinajstić information content (AvgIpc) is 2.83. The van der Waals surface area contributed by atoms with Gasteiger partial charge in [-0.3, -0.25) is 19.9 Å². The zero-order chi connectivity index (χ0) is 26.5. The topological polar surface area (TPSA) is 52.7 Å². The monoisotopic (exact) mass is 515 g/mol. The molecule has 1 N–H and O–H groups in total. The third-order valence-electron chi connectivity index (χ3n) is 6.01. The fourth-order valence-corrected chi connectivity index (χ4v) is 4.15. The number of aryl methyl sites for hydroxylation is 1. The standard InChI is InChI=1S/C25H27F6N3O2/c1-2-22(36)32-34-12-10-33(11-13-34)23(18-6-4-3-5-7-18)21(35)9-8-17-14-19(24(26,27)28)16-20(15-17)25(29,30)31/h3-7,14-16,23H,2,8-13H2,1H3,(H,32,36). The van der Waals surface area contributed by atoms with Crippen LogP contribution in [-0.4, -0.2) is 47.8 Å². The second-order valence-corrected chi connectivity index (χ2v) is 8.61. The first-order valence-corrected chi connectivity index (χ1v) is 11.5. The van der Waals surface area contributed by atoms with Gasteiger partial charge in [0, 0.05) is 39.0 Å². The van der Waals surface area contributed by atoms with Crippen molar-refractivity contribution >= 4 is 11.7 Å². The van der Waals surface area contributed by atoms with Crippen LogP contribution >= 0.6 is 0 Å². The van der Waals surface area contributed by atoms with E-state index < -0.39 is 29.5 Å². The lowest BCUT2D eigenvalue weighted by molar-refractivity contribution is -0.143. The molecule has 1 fully saturated rings. The number of benzene rings is 2. The second-order valence-electron chi connectivity index (χ2n) is 8.61. The molecule has 0 bridgehead atoms. The van der Waals surface area contributed by atoms with Gasteiger partial charge in [0.05, 0.1) is 17.2 Å². The number of ketones is 1. The molecule has 2 aromatic rings. The molecule has 5 nitrogen and oxygen atoms in total. The van der Waals surface area contributed by atoms with E-state index in [0.29, 0.717) is 50.3 Å². The Morgan fingerprint density at radius 1 is 0.889 bits per heavy atom. The Hall–Kier alpha value is -2.92. The number of piperazine rings is 1. The number of rotatable bonds is 8. The van der Waals surface area contributed by atoms with Crippen molar-refractivity contribution in [2.24, 2.45) is 0 Å². The molecule has 1 atom stereocenters. The van der Waals surface area contributed by atoms with Crippen molar-refractivity contribution in [3.05, 3.63) is 70.8 Å². The Morgan fingerprint density at radius 3 is 1.94 bits per heavy atom. The minimum Gasteiger partial charge on any atom is -0.298 e. The van der Waals surface area contributed by atoms with Gasteiger partial charge in [-0.2, -0.15) is 26.3 Å². The molecule has 1 saturated heterocycles. The molecule has 1 aliphatic rings.